The fraction of sp³-hybridized carbons (Fsp3) is 0.333. The third kappa shape index (κ3) is 3.82. The van der Waals surface area contributed by atoms with Crippen molar-refractivity contribution in [3.05, 3.63) is 52.0 Å². The summed E-state index contributed by atoms with van der Waals surface area (Å²) < 4.78 is 13.5. The van der Waals surface area contributed by atoms with Gasteiger partial charge in [-0.1, -0.05) is 6.07 Å². The monoisotopic (exact) mass is 346 g/mol. The number of anilines is 1. The van der Waals surface area contributed by atoms with E-state index in [1.807, 2.05) is 5.38 Å². The fourth-order valence-corrected chi connectivity index (χ4v) is 3.51. The standard InChI is InChI=1S/C18H19FN2O2S/c19-15-6-5-13-3-2-9-21(16(13)11-15)17(22)4-1-8-20-18(23)14-7-10-24-12-14/h5-7,10-12H,1-4,8-9H2,(H,20,23). The van der Waals surface area contributed by atoms with Crippen molar-refractivity contribution in [2.45, 2.75) is 25.7 Å². The van der Waals surface area contributed by atoms with E-state index in [0.717, 1.165) is 18.4 Å². The van der Waals surface area contributed by atoms with Crippen LogP contribution in [0.1, 0.15) is 35.2 Å². The van der Waals surface area contributed by atoms with Gasteiger partial charge in [0, 0.05) is 36.1 Å². The SMILES string of the molecule is O=C(NCCCC(=O)N1CCCc2ccc(F)cc21)c1ccsc1. The molecule has 1 aliphatic rings. The Hall–Kier alpha value is -2.21. The molecule has 0 radical (unpaired) electrons. The van der Waals surface area contributed by atoms with E-state index in [1.165, 1.54) is 23.5 Å². The van der Waals surface area contributed by atoms with E-state index < -0.39 is 0 Å². The van der Waals surface area contributed by atoms with Crippen LogP contribution in [0.5, 0.6) is 0 Å². The Balaban J connectivity index is 1.51. The summed E-state index contributed by atoms with van der Waals surface area (Å²) in [6.07, 6.45) is 2.66. The van der Waals surface area contributed by atoms with Crippen molar-refractivity contribution in [2.75, 3.05) is 18.0 Å². The molecule has 3 rings (SSSR count). The molecule has 1 aliphatic heterocycles. The highest BCUT2D eigenvalue weighted by atomic mass is 32.1. The molecule has 1 N–H and O–H groups in total. The van der Waals surface area contributed by atoms with Crippen molar-refractivity contribution in [3.8, 4) is 0 Å². The Bertz CT molecular complexity index is 731. The lowest BCUT2D eigenvalue weighted by Crippen LogP contribution is -2.36. The van der Waals surface area contributed by atoms with Crippen LogP contribution in [0.3, 0.4) is 0 Å². The smallest absolute Gasteiger partial charge is 0.252 e. The van der Waals surface area contributed by atoms with Crippen LogP contribution >= 0.6 is 11.3 Å². The maximum Gasteiger partial charge on any atom is 0.252 e. The fourth-order valence-electron chi connectivity index (χ4n) is 2.88. The van der Waals surface area contributed by atoms with Gasteiger partial charge in [-0.05, 0) is 48.4 Å². The summed E-state index contributed by atoms with van der Waals surface area (Å²) in [7, 11) is 0. The number of hydrogen-bond acceptors (Lipinski definition) is 3. The number of halogens is 1. The summed E-state index contributed by atoms with van der Waals surface area (Å²) in [6, 6.07) is 6.40. The van der Waals surface area contributed by atoms with Gasteiger partial charge in [0.05, 0.1) is 0 Å². The molecule has 2 amide bonds. The number of rotatable bonds is 5. The Morgan fingerprint density at radius 3 is 2.96 bits per heavy atom. The zero-order valence-electron chi connectivity index (χ0n) is 13.3. The van der Waals surface area contributed by atoms with E-state index in [1.54, 1.807) is 22.4 Å². The van der Waals surface area contributed by atoms with Gasteiger partial charge in [0.2, 0.25) is 5.91 Å². The van der Waals surface area contributed by atoms with E-state index in [4.69, 9.17) is 0 Å². The molecule has 2 aromatic rings. The molecule has 6 heteroatoms. The Morgan fingerprint density at radius 1 is 1.29 bits per heavy atom. The van der Waals surface area contributed by atoms with E-state index in [-0.39, 0.29) is 17.6 Å². The van der Waals surface area contributed by atoms with E-state index in [2.05, 4.69) is 5.32 Å². The summed E-state index contributed by atoms with van der Waals surface area (Å²) in [5.74, 6) is -0.461. The van der Waals surface area contributed by atoms with Crippen molar-refractivity contribution < 1.29 is 14.0 Å². The van der Waals surface area contributed by atoms with Crippen LogP contribution in [-0.4, -0.2) is 24.9 Å². The predicted molar refractivity (Wildman–Crippen MR) is 93.0 cm³/mol. The molecule has 0 spiro atoms. The number of carbonyl (C=O) groups excluding carboxylic acids is 2. The highest BCUT2D eigenvalue weighted by Crippen LogP contribution is 2.28. The molecule has 2 heterocycles. The first kappa shape index (κ1) is 16.6. The number of hydrogen-bond donors (Lipinski definition) is 1. The summed E-state index contributed by atoms with van der Waals surface area (Å²) in [4.78, 5) is 25.9. The van der Waals surface area contributed by atoms with Gasteiger partial charge in [0.25, 0.3) is 5.91 Å². The molecule has 0 aliphatic carbocycles. The number of nitrogens with one attached hydrogen (secondary N) is 1. The van der Waals surface area contributed by atoms with Gasteiger partial charge in [-0.2, -0.15) is 11.3 Å². The number of benzene rings is 1. The molecule has 24 heavy (non-hydrogen) atoms. The van der Waals surface area contributed by atoms with Crippen LogP contribution in [0.15, 0.2) is 35.0 Å². The third-order valence-electron chi connectivity index (χ3n) is 4.10. The van der Waals surface area contributed by atoms with Gasteiger partial charge in [0.15, 0.2) is 0 Å². The van der Waals surface area contributed by atoms with Crippen molar-refractivity contribution in [1.29, 1.82) is 0 Å². The van der Waals surface area contributed by atoms with Crippen molar-refractivity contribution in [3.63, 3.8) is 0 Å². The van der Waals surface area contributed by atoms with E-state index in [0.29, 0.717) is 37.2 Å². The zero-order valence-corrected chi connectivity index (χ0v) is 14.1. The molecule has 1 aromatic heterocycles. The van der Waals surface area contributed by atoms with Crippen LogP contribution in [0.2, 0.25) is 0 Å². The lowest BCUT2D eigenvalue weighted by molar-refractivity contribution is -0.118. The van der Waals surface area contributed by atoms with Crippen LogP contribution in [0, 0.1) is 5.82 Å². The summed E-state index contributed by atoms with van der Waals surface area (Å²) in [5.41, 5.74) is 2.35. The number of thiophene rings is 1. The van der Waals surface area contributed by atoms with Crippen LogP contribution < -0.4 is 10.2 Å². The summed E-state index contributed by atoms with van der Waals surface area (Å²) >= 11 is 1.47. The quantitative estimate of drug-likeness (QED) is 0.844. The van der Waals surface area contributed by atoms with E-state index in [9.17, 15) is 14.0 Å². The number of amides is 2. The number of fused-ring (bicyclic) bond motifs is 1. The first-order valence-corrected chi connectivity index (χ1v) is 8.98. The summed E-state index contributed by atoms with van der Waals surface area (Å²) in [6.45, 7) is 1.07. The second kappa shape index (κ2) is 7.57. The largest absolute Gasteiger partial charge is 0.352 e. The van der Waals surface area contributed by atoms with Gasteiger partial charge in [0.1, 0.15) is 5.82 Å². The molecule has 0 fully saturated rings. The minimum absolute atomic E-state index is 0.0219. The van der Waals surface area contributed by atoms with Crippen LogP contribution in [-0.2, 0) is 11.2 Å². The predicted octanol–water partition coefficient (Wildman–Crippen LogP) is 3.38. The zero-order chi connectivity index (χ0) is 16.9. The average Bonchev–Trinajstić information content (AvgIpc) is 3.12. The average molecular weight is 346 g/mol. The molecule has 0 atom stereocenters. The van der Waals surface area contributed by atoms with Gasteiger partial charge >= 0.3 is 0 Å². The molecule has 0 unspecified atom stereocenters. The number of aryl methyl sites for hydroxylation is 1. The van der Waals surface area contributed by atoms with E-state index >= 15 is 0 Å². The molecule has 4 nitrogen and oxygen atoms in total. The lowest BCUT2D eigenvalue weighted by Gasteiger charge is -2.29. The maximum absolute atomic E-state index is 13.5. The first-order chi connectivity index (χ1) is 11.6. The minimum Gasteiger partial charge on any atom is -0.352 e. The highest BCUT2D eigenvalue weighted by Gasteiger charge is 2.22. The van der Waals surface area contributed by atoms with Gasteiger partial charge in [-0.15, -0.1) is 0 Å². The van der Waals surface area contributed by atoms with Crippen LogP contribution in [0.4, 0.5) is 10.1 Å². The topological polar surface area (TPSA) is 49.4 Å². The maximum atomic E-state index is 13.5. The Morgan fingerprint density at radius 2 is 2.17 bits per heavy atom. The van der Waals surface area contributed by atoms with Crippen molar-refractivity contribution >= 4 is 28.8 Å². The first-order valence-electron chi connectivity index (χ1n) is 8.04. The van der Waals surface area contributed by atoms with Gasteiger partial charge in [-0.3, -0.25) is 9.59 Å². The number of carbonyl (C=O) groups is 2. The lowest BCUT2D eigenvalue weighted by atomic mass is 10.0. The summed E-state index contributed by atoms with van der Waals surface area (Å²) in [5, 5.41) is 6.45. The molecular formula is C18H19FN2O2S. The minimum atomic E-state index is -0.323. The molecule has 0 saturated carbocycles. The molecule has 0 bridgehead atoms. The second-order valence-corrected chi connectivity index (χ2v) is 6.57. The van der Waals surface area contributed by atoms with Crippen LogP contribution in [0.25, 0.3) is 0 Å². The number of nitrogens with zero attached hydrogens (tertiary/aromatic N) is 1. The third-order valence-corrected chi connectivity index (χ3v) is 4.79. The second-order valence-electron chi connectivity index (χ2n) is 5.79. The van der Waals surface area contributed by atoms with Crippen molar-refractivity contribution in [2.24, 2.45) is 0 Å². The molecule has 0 saturated heterocycles. The Kier molecular flexibility index (Phi) is 5.25. The molecule has 126 valence electrons. The molecular weight excluding hydrogens is 327 g/mol. The Labute approximate surface area is 144 Å². The molecule has 1 aromatic carbocycles. The van der Waals surface area contributed by atoms with Crippen molar-refractivity contribution in [1.82, 2.24) is 5.32 Å². The van der Waals surface area contributed by atoms with Gasteiger partial charge in [-0.25, -0.2) is 4.39 Å². The normalized spacial score (nSPS) is 13.5. The highest BCUT2D eigenvalue weighted by molar-refractivity contribution is 7.08. The van der Waals surface area contributed by atoms with Gasteiger partial charge < -0.3 is 10.2 Å².